The zero-order chi connectivity index (χ0) is 21.6. The van der Waals surface area contributed by atoms with Crippen molar-refractivity contribution in [1.82, 2.24) is 25.1 Å². The number of methoxy groups -OCH3 is 1. The Labute approximate surface area is 186 Å². The Morgan fingerprint density at radius 2 is 2.19 bits per heavy atom. The first kappa shape index (κ1) is 21.6. The number of rotatable bonds is 9. The number of ether oxygens (including phenoxy) is 2. The number of likely N-dealkylation sites (tertiary alicyclic amines) is 1. The molecule has 164 valence electrons. The molecule has 0 amide bonds. The molecule has 1 fully saturated rings. The Balaban J connectivity index is 1.49. The molecule has 1 saturated heterocycles. The molecule has 0 radical (unpaired) electrons. The lowest BCUT2D eigenvalue weighted by Gasteiger charge is -2.25. The molecule has 2 aromatic heterocycles. The highest BCUT2D eigenvalue weighted by molar-refractivity contribution is 7.13. The molecule has 4 rings (SSSR count). The summed E-state index contributed by atoms with van der Waals surface area (Å²) in [6.07, 6.45) is 5.92. The first-order valence-electron chi connectivity index (χ1n) is 10.5. The molecule has 0 bridgehead atoms. The van der Waals surface area contributed by atoms with E-state index in [-0.39, 0.29) is 12.1 Å². The largest absolute Gasteiger partial charge is 0.491 e. The normalized spacial score (nSPS) is 16.7. The standard InChI is InChI=1S/C22H28N6O2S/c1-15(2)30-20-7-6-16(9-17(20)13-29-3)12-28-8-4-5-19(28)18-10-23-11-21(25-18)26-22-27-24-14-31-22/h6-7,9-11,14-15,19H,4-5,8,12-13H2,1-3H3,(H,25,26,27). The summed E-state index contributed by atoms with van der Waals surface area (Å²) in [6.45, 7) is 6.48. The molecule has 1 N–H and O–H groups in total. The summed E-state index contributed by atoms with van der Waals surface area (Å²) in [5.41, 5.74) is 4.98. The van der Waals surface area contributed by atoms with Crippen LogP contribution in [-0.4, -0.2) is 44.8 Å². The maximum Gasteiger partial charge on any atom is 0.211 e. The molecule has 3 aromatic rings. The predicted molar refractivity (Wildman–Crippen MR) is 121 cm³/mol. The lowest BCUT2D eigenvalue weighted by atomic mass is 10.1. The zero-order valence-electron chi connectivity index (χ0n) is 18.1. The summed E-state index contributed by atoms with van der Waals surface area (Å²) in [5.74, 6) is 1.58. The van der Waals surface area contributed by atoms with Crippen molar-refractivity contribution in [3.8, 4) is 5.75 Å². The van der Waals surface area contributed by atoms with Crippen molar-refractivity contribution < 1.29 is 9.47 Å². The quantitative estimate of drug-likeness (QED) is 0.526. The van der Waals surface area contributed by atoms with Crippen LogP contribution in [0, 0.1) is 0 Å². The van der Waals surface area contributed by atoms with Crippen LogP contribution in [0.4, 0.5) is 10.9 Å². The molecule has 1 aliphatic rings. The summed E-state index contributed by atoms with van der Waals surface area (Å²) < 4.78 is 11.3. The lowest BCUT2D eigenvalue weighted by Crippen LogP contribution is -2.24. The van der Waals surface area contributed by atoms with Crippen molar-refractivity contribution in [2.75, 3.05) is 19.0 Å². The van der Waals surface area contributed by atoms with Gasteiger partial charge in [0.05, 0.1) is 36.8 Å². The summed E-state index contributed by atoms with van der Waals surface area (Å²) >= 11 is 1.44. The number of hydrogen-bond acceptors (Lipinski definition) is 9. The van der Waals surface area contributed by atoms with E-state index in [1.165, 1.54) is 16.9 Å². The highest BCUT2D eigenvalue weighted by Crippen LogP contribution is 2.33. The fourth-order valence-electron chi connectivity index (χ4n) is 3.89. The number of nitrogens with one attached hydrogen (secondary N) is 1. The SMILES string of the molecule is COCc1cc(CN2CCCC2c2cncc(Nc3nncs3)n2)ccc1OC(C)C. The van der Waals surface area contributed by atoms with Crippen molar-refractivity contribution >= 4 is 22.3 Å². The molecular weight excluding hydrogens is 412 g/mol. The summed E-state index contributed by atoms with van der Waals surface area (Å²) in [5, 5.41) is 11.8. The van der Waals surface area contributed by atoms with Gasteiger partial charge in [-0.25, -0.2) is 4.98 Å². The summed E-state index contributed by atoms with van der Waals surface area (Å²) in [4.78, 5) is 11.7. The van der Waals surface area contributed by atoms with E-state index in [9.17, 15) is 0 Å². The third-order valence-corrected chi connectivity index (χ3v) is 5.73. The highest BCUT2D eigenvalue weighted by Gasteiger charge is 2.28. The number of anilines is 2. The van der Waals surface area contributed by atoms with E-state index in [2.05, 4.69) is 43.6 Å². The van der Waals surface area contributed by atoms with Gasteiger partial charge in [-0.1, -0.05) is 17.4 Å². The average Bonchev–Trinajstić information content (AvgIpc) is 3.42. The van der Waals surface area contributed by atoms with Crippen molar-refractivity contribution in [2.45, 2.75) is 52.0 Å². The van der Waals surface area contributed by atoms with Crippen LogP contribution in [0.3, 0.4) is 0 Å². The minimum absolute atomic E-state index is 0.129. The second-order valence-corrected chi connectivity index (χ2v) is 8.70. The van der Waals surface area contributed by atoms with E-state index in [1.54, 1.807) is 18.8 Å². The second kappa shape index (κ2) is 10.1. The number of benzene rings is 1. The van der Waals surface area contributed by atoms with Crippen molar-refractivity contribution in [1.29, 1.82) is 0 Å². The van der Waals surface area contributed by atoms with Crippen LogP contribution in [-0.2, 0) is 17.9 Å². The van der Waals surface area contributed by atoms with Gasteiger partial charge >= 0.3 is 0 Å². The van der Waals surface area contributed by atoms with Crippen molar-refractivity contribution in [2.24, 2.45) is 0 Å². The van der Waals surface area contributed by atoms with E-state index < -0.39 is 0 Å². The van der Waals surface area contributed by atoms with Gasteiger partial charge in [0.25, 0.3) is 0 Å². The second-order valence-electron chi connectivity index (χ2n) is 7.87. The van der Waals surface area contributed by atoms with Crippen LogP contribution in [0.1, 0.15) is 49.6 Å². The van der Waals surface area contributed by atoms with E-state index >= 15 is 0 Å². The van der Waals surface area contributed by atoms with Gasteiger partial charge in [0.1, 0.15) is 11.3 Å². The smallest absolute Gasteiger partial charge is 0.211 e. The average molecular weight is 441 g/mol. The van der Waals surface area contributed by atoms with Crippen LogP contribution in [0.2, 0.25) is 0 Å². The topological polar surface area (TPSA) is 85.3 Å². The minimum atomic E-state index is 0.129. The predicted octanol–water partition coefficient (Wildman–Crippen LogP) is 4.34. The van der Waals surface area contributed by atoms with Gasteiger partial charge < -0.3 is 14.8 Å². The van der Waals surface area contributed by atoms with E-state index in [0.717, 1.165) is 42.9 Å². The monoisotopic (exact) mass is 440 g/mol. The fraction of sp³-hybridized carbons (Fsp3) is 0.455. The molecule has 3 heterocycles. The highest BCUT2D eigenvalue weighted by atomic mass is 32.1. The van der Waals surface area contributed by atoms with Crippen molar-refractivity contribution in [3.63, 3.8) is 0 Å². The third-order valence-electron chi connectivity index (χ3n) is 5.13. The maximum atomic E-state index is 5.94. The van der Waals surface area contributed by atoms with Gasteiger partial charge in [0.15, 0.2) is 5.82 Å². The van der Waals surface area contributed by atoms with Gasteiger partial charge in [0, 0.05) is 19.2 Å². The third kappa shape index (κ3) is 5.55. The lowest BCUT2D eigenvalue weighted by molar-refractivity contribution is 0.174. The van der Waals surface area contributed by atoms with Crippen LogP contribution in [0.5, 0.6) is 5.75 Å². The van der Waals surface area contributed by atoms with E-state index in [4.69, 9.17) is 14.5 Å². The van der Waals surface area contributed by atoms with Crippen LogP contribution >= 0.6 is 11.3 Å². The number of hydrogen-bond donors (Lipinski definition) is 1. The maximum absolute atomic E-state index is 5.94. The van der Waals surface area contributed by atoms with Crippen LogP contribution < -0.4 is 10.1 Å². The van der Waals surface area contributed by atoms with Crippen molar-refractivity contribution in [3.05, 3.63) is 52.9 Å². The van der Waals surface area contributed by atoms with Gasteiger partial charge in [-0.2, -0.15) is 0 Å². The summed E-state index contributed by atoms with van der Waals surface area (Å²) in [7, 11) is 1.71. The number of nitrogens with zero attached hydrogens (tertiary/aromatic N) is 5. The Hall–Kier alpha value is -2.62. The molecule has 9 heteroatoms. The molecule has 31 heavy (non-hydrogen) atoms. The number of aromatic nitrogens is 4. The Morgan fingerprint density at radius 1 is 1.29 bits per heavy atom. The molecule has 1 unspecified atom stereocenters. The van der Waals surface area contributed by atoms with E-state index in [0.29, 0.717) is 17.6 Å². The van der Waals surface area contributed by atoms with Gasteiger partial charge in [-0.3, -0.25) is 9.88 Å². The first-order chi connectivity index (χ1) is 15.1. The Morgan fingerprint density at radius 3 is 2.97 bits per heavy atom. The summed E-state index contributed by atoms with van der Waals surface area (Å²) in [6, 6.07) is 6.63. The minimum Gasteiger partial charge on any atom is -0.491 e. The van der Waals surface area contributed by atoms with Gasteiger partial charge in [-0.15, -0.1) is 10.2 Å². The van der Waals surface area contributed by atoms with Gasteiger partial charge in [-0.05, 0) is 50.9 Å². The molecule has 0 aliphatic carbocycles. The molecule has 0 spiro atoms. The molecular formula is C22H28N6O2S. The molecule has 1 aromatic carbocycles. The van der Waals surface area contributed by atoms with Gasteiger partial charge in [0.2, 0.25) is 5.13 Å². The molecule has 8 nitrogen and oxygen atoms in total. The Bertz CT molecular complexity index is 982. The molecule has 1 atom stereocenters. The molecule has 1 aliphatic heterocycles. The first-order valence-corrected chi connectivity index (χ1v) is 11.4. The van der Waals surface area contributed by atoms with Crippen LogP contribution in [0.25, 0.3) is 0 Å². The Kier molecular flexibility index (Phi) is 7.06. The van der Waals surface area contributed by atoms with E-state index in [1.807, 2.05) is 20.0 Å². The zero-order valence-corrected chi connectivity index (χ0v) is 18.9. The molecule has 0 saturated carbocycles. The van der Waals surface area contributed by atoms with Crippen LogP contribution in [0.15, 0.2) is 36.1 Å². The fourth-order valence-corrected chi connectivity index (χ4v) is 4.34.